The van der Waals surface area contributed by atoms with Crippen LogP contribution in [0.3, 0.4) is 0 Å². The van der Waals surface area contributed by atoms with Crippen LogP contribution in [0.4, 0.5) is 13.2 Å². The van der Waals surface area contributed by atoms with Gasteiger partial charge in [0.15, 0.2) is 23.2 Å². The molecule has 184 valence electrons. The number of piperidine rings is 1. The first-order valence-electron chi connectivity index (χ1n) is 11.4. The molecule has 1 saturated carbocycles. The number of thioether (sulfide) groups is 1. The molecule has 0 amide bonds. The van der Waals surface area contributed by atoms with Crippen molar-refractivity contribution in [3.63, 3.8) is 0 Å². The minimum absolute atomic E-state index is 0.119. The van der Waals surface area contributed by atoms with E-state index in [1.165, 1.54) is 35.2 Å². The number of halogens is 3. The van der Waals surface area contributed by atoms with Crippen molar-refractivity contribution in [1.29, 1.82) is 10.8 Å². The molecule has 2 aromatic rings. The summed E-state index contributed by atoms with van der Waals surface area (Å²) < 4.78 is 43.8. The van der Waals surface area contributed by atoms with Crippen molar-refractivity contribution in [2.45, 2.75) is 44.7 Å². The minimum atomic E-state index is -4.29. The summed E-state index contributed by atoms with van der Waals surface area (Å²) in [6, 6.07) is 5.71. The van der Waals surface area contributed by atoms with Gasteiger partial charge in [0.25, 0.3) is 0 Å². The maximum absolute atomic E-state index is 12.9. The molecule has 1 aromatic heterocycles. The Morgan fingerprint density at radius 2 is 2.03 bits per heavy atom. The number of benzene rings is 1. The van der Waals surface area contributed by atoms with E-state index in [1.807, 2.05) is 0 Å². The molecule has 6 nitrogen and oxygen atoms in total. The summed E-state index contributed by atoms with van der Waals surface area (Å²) in [4.78, 5) is 7.95. The maximum Gasteiger partial charge on any atom is 0.416 e. The molecule has 0 radical (unpaired) electrons. The zero-order valence-electron chi connectivity index (χ0n) is 19.4. The predicted molar refractivity (Wildman–Crippen MR) is 128 cm³/mol. The summed E-state index contributed by atoms with van der Waals surface area (Å²) in [5.74, 6) is 1.61. The second-order valence-corrected chi connectivity index (χ2v) is 10.4. The van der Waals surface area contributed by atoms with Crippen LogP contribution >= 0.6 is 11.8 Å². The molecule has 1 aliphatic heterocycles. The van der Waals surface area contributed by atoms with Crippen molar-refractivity contribution in [3.05, 3.63) is 53.2 Å². The number of nitrogens with zero attached hydrogens (tertiary/aromatic N) is 3. The predicted octanol–water partition coefficient (Wildman–Crippen LogP) is 5.59. The second-order valence-electron chi connectivity index (χ2n) is 9.30. The molecule has 0 bridgehead atoms. The Morgan fingerprint density at radius 1 is 1.29 bits per heavy atom. The standard InChI is InChI=1S/C24H30F3N5OS/c1-16-20(33-15-30-16)21(28)31(2)22(29)34-12-4-11-32-10-3-9-23(14-32)13-19(23)17-5-7-18(8-6-17)24(25,26)27/h5-8,15,19,28-29H,3-4,9-14H2,1-2H3/t19-,23+/m1/s1. The summed E-state index contributed by atoms with van der Waals surface area (Å²) in [6.07, 6.45) is 1.22. The molecule has 2 heterocycles. The number of rotatable bonds is 6. The number of hydrogen-bond donors (Lipinski definition) is 2. The second kappa shape index (κ2) is 9.73. The Morgan fingerprint density at radius 3 is 2.68 bits per heavy atom. The highest BCUT2D eigenvalue weighted by Gasteiger charge is 2.55. The van der Waals surface area contributed by atoms with Gasteiger partial charge in [-0.3, -0.25) is 10.8 Å². The fourth-order valence-corrected chi connectivity index (χ4v) is 5.71. The monoisotopic (exact) mass is 493 g/mol. The number of likely N-dealkylation sites (tertiary alicyclic amines) is 1. The fourth-order valence-electron chi connectivity index (χ4n) is 4.96. The van der Waals surface area contributed by atoms with Gasteiger partial charge in [0.05, 0.1) is 11.3 Å². The molecule has 2 atom stereocenters. The van der Waals surface area contributed by atoms with E-state index >= 15 is 0 Å². The molecule has 0 unspecified atom stereocenters. The quantitative estimate of drug-likeness (QED) is 0.312. The summed E-state index contributed by atoms with van der Waals surface area (Å²) >= 11 is 1.41. The van der Waals surface area contributed by atoms with Crippen LogP contribution in [0.5, 0.6) is 0 Å². The summed E-state index contributed by atoms with van der Waals surface area (Å²) in [7, 11) is 1.68. The number of oxazole rings is 1. The number of alkyl halides is 3. The normalized spacial score (nSPS) is 22.7. The van der Waals surface area contributed by atoms with Crippen LogP contribution in [0.2, 0.25) is 0 Å². The van der Waals surface area contributed by atoms with Crippen molar-refractivity contribution in [3.8, 4) is 0 Å². The molecule has 1 spiro atoms. The fraction of sp³-hybridized carbons (Fsp3) is 0.542. The average Bonchev–Trinajstić information content (AvgIpc) is 3.30. The molecule has 10 heteroatoms. The van der Waals surface area contributed by atoms with E-state index < -0.39 is 11.7 Å². The zero-order chi connectivity index (χ0) is 24.5. The molecule has 4 rings (SSSR count). The third kappa shape index (κ3) is 5.33. The van der Waals surface area contributed by atoms with Crippen molar-refractivity contribution >= 4 is 22.8 Å². The van der Waals surface area contributed by atoms with Crippen molar-refractivity contribution < 1.29 is 17.6 Å². The molecular weight excluding hydrogens is 463 g/mol. The van der Waals surface area contributed by atoms with Gasteiger partial charge in [-0.05, 0) is 74.7 Å². The third-order valence-electron chi connectivity index (χ3n) is 6.98. The first-order valence-corrected chi connectivity index (χ1v) is 12.4. The average molecular weight is 494 g/mol. The number of aryl methyl sites for hydroxylation is 1. The van der Waals surface area contributed by atoms with Gasteiger partial charge in [-0.15, -0.1) is 0 Å². The van der Waals surface area contributed by atoms with Gasteiger partial charge in [-0.25, -0.2) is 4.98 Å². The zero-order valence-corrected chi connectivity index (χ0v) is 20.2. The Labute approximate surface area is 201 Å². The Hall–Kier alpha value is -2.33. The highest BCUT2D eigenvalue weighted by molar-refractivity contribution is 8.13. The van der Waals surface area contributed by atoms with Crippen LogP contribution in [0.1, 0.15) is 54.2 Å². The van der Waals surface area contributed by atoms with Gasteiger partial charge in [0.1, 0.15) is 0 Å². The summed E-state index contributed by atoms with van der Waals surface area (Å²) in [5, 5.41) is 16.8. The number of nitrogens with one attached hydrogen (secondary N) is 2. The number of amidine groups is 2. The van der Waals surface area contributed by atoms with Gasteiger partial charge >= 0.3 is 6.18 Å². The lowest BCUT2D eigenvalue weighted by Gasteiger charge is -2.34. The SMILES string of the molecule is Cc1ncoc1C(=N)N(C)C(=N)SCCCN1CCC[C@]2(C[C@@H]2c2ccc(C(F)(F)F)cc2)C1. The van der Waals surface area contributed by atoms with E-state index in [-0.39, 0.29) is 11.3 Å². The lowest BCUT2D eigenvalue weighted by Crippen LogP contribution is -2.38. The van der Waals surface area contributed by atoms with Crippen molar-refractivity contribution in [1.82, 2.24) is 14.8 Å². The summed E-state index contributed by atoms with van der Waals surface area (Å²) in [6.45, 7) is 4.73. The van der Waals surface area contributed by atoms with E-state index in [1.54, 1.807) is 26.1 Å². The van der Waals surface area contributed by atoms with E-state index in [4.69, 9.17) is 15.2 Å². The highest BCUT2D eigenvalue weighted by atomic mass is 32.2. The number of aromatic nitrogens is 1. The van der Waals surface area contributed by atoms with Crippen LogP contribution in [0.15, 0.2) is 35.1 Å². The van der Waals surface area contributed by atoms with Gasteiger partial charge in [0, 0.05) is 19.3 Å². The topological polar surface area (TPSA) is 80.2 Å². The molecule has 2 fully saturated rings. The van der Waals surface area contributed by atoms with Gasteiger partial charge < -0.3 is 14.2 Å². The van der Waals surface area contributed by atoms with Crippen LogP contribution < -0.4 is 0 Å². The molecule has 2 aliphatic rings. The first-order chi connectivity index (χ1) is 16.1. The Balaban J connectivity index is 1.22. The molecule has 1 aliphatic carbocycles. The molecule has 2 N–H and O–H groups in total. The van der Waals surface area contributed by atoms with E-state index in [0.717, 1.165) is 56.6 Å². The summed E-state index contributed by atoms with van der Waals surface area (Å²) in [5.41, 5.74) is 1.26. The van der Waals surface area contributed by atoms with Crippen LogP contribution in [0, 0.1) is 23.2 Å². The third-order valence-corrected chi connectivity index (χ3v) is 8.02. The smallest absolute Gasteiger partial charge is 0.416 e. The number of hydrogen-bond acceptors (Lipinski definition) is 6. The van der Waals surface area contributed by atoms with Gasteiger partial charge in [-0.2, -0.15) is 13.2 Å². The first kappa shape index (κ1) is 24.8. The highest BCUT2D eigenvalue weighted by Crippen LogP contribution is 2.63. The minimum Gasteiger partial charge on any atom is -0.440 e. The molecular formula is C24H30F3N5OS. The van der Waals surface area contributed by atoms with Crippen LogP contribution in [-0.4, -0.2) is 58.2 Å². The largest absolute Gasteiger partial charge is 0.440 e. The molecule has 34 heavy (non-hydrogen) atoms. The van der Waals surface area contributed by atoms with E-state index in [9.17, 15) is 13.2 Å². The van der Waals surface area contributed by atoms with Gasteiger partial charge in [0.2, 0.25) is 0 Å². The van der Waals surface area contributed by atoms with Crippen molar-refractivity contribution in [2.75, 3.05) is 32.4 Å². The van der Waals surface area contributed by atoms with Crippen molar-refractivity contribution in [2.24, 2.45) is 5.41 Å². The Kier molecular flexibility index (Phi) is 7.09. The molecule has 1 aromatic carbocycles. The molecule has 1 saturated heterocycles. The van der Waals surface area contributed by atoms with E-state index in [2.05, 4.69) is 9.88 Å². The van der Waals surface area contributed by atoms with Gasteiger partial charge in [-0.1, -0.05) is 23.9 Å². The lowest BCUT2D eigenvalue weighted by atomic mass is 9.89. The maximum atomic E-state index is 12.9. The lowest BCUT2D eigenvalue weighted by molar-refractivity contribution is -0.137. The van der Waals surface area contributed by atoms with Crippen LogP contribution in [0.25, 0.3) is 0 Å². The van der Waals surface area contributed by atoms with E-state index in [0.29, 0.717) is 22.5 Å². The Bertz CT molecular complexity index is 1040. The van der Waals surface area contributed by atoms with Crippen LogP contribution in [-0.2, 0) is 6.18 Å².